The zero-order chi connectivity index (χ0) is 18.5. The van der Waals surface area contributed by atoms with Gasteiger partial charge in [-0.3, -0.25) is 4.79 Å². The summed E-state index contributed by atoms with van der Waals surface area (Å²) in [6, 6.07) is 29.1. The number of hydrogen-bond donors (Lipinski definition) is 0. The van der Waals surface area contributed by atoms with Crippen LogP contribution >= 0.6 is 0 Å². The van der Waals surface area contributed by atoms with Crippen molar-refractivity contribution in [2.24, 2.45) is 0 Å². The number of rotatable bonds is 5. The SMILES string of the molecule is O=C1C=C/C(=C/Cc2ccc(-c3ccccc3)cc2)N1Cc1ccccc1. The van der Waals surface area contributed by atoms with Crippen molar-refractivity contribution >= 4 is 5.91 Å². The number of hydrogen-bond acceptors (Lipinski definition) is 1. The van der Waals surface area contributed by atoms with Gasteiger partial charge in [0.25, 0.3) is 5.91 Å². The van der Waals surface area contributed by atoms with E-state index in [-0.39, 0.29) is 5.91 Å². The smallest absolute Gasteiger partial charge is 0.251 e. The van der Waals surface area contributed by atoms with Gasteiger partial charge in [-0.1, -0.05) is 91.0 Å². The number of amides is 1. The van der Waals surface area contributed by atoms with Crippen LogP contribution < -0.4 is 0 Å². The molecule has 0 saturated heterocycles. The topological polar surface area (TPSA) is 20.3 Å². The third-order valence-corrected chi connectivity index (χ3v) is 4.77. The Kier molecular flexibility index (Phi) is 4.97. The molecule has 0 unspecified atom stereocenters. The van der Waals surface area contributed by atoms with Crippen LogP contribution in [0.3, 0.4) is 0 Å². The quantitative estimate of drug-likeness (QED) is 0.604. The molecule has 0 atom stereocenters. The van der Waals surface area contributed by atoms with E-state index in [0.29, 0.717) is 6.54 Å². The summed E-state index contributed by atoms with van der Waals surface area (Å²) in [5.74, 6) is 0.0459. The highest BCUT2D eigenvalue weighted by Gasteiger charge is 2.19. The Morgan fingerprint density at radius 3 is 2.00 bits per heavy atom. The Morgan fingerprint density at radius 2 is 1.30 bits per heavy atom. The number of benzene rings is 3. The second-order valence-electron chi connectivity index (χ2n) is 6.64. The molecule has 0 N–H and O–H groups in total. The van der Waals surface area contributed by atoms with Gasteiger partial charge in [0, 0.05) is 11.8 Å². The van der Waals surface area contributed by atoms with E-state index in [1.54, 1.807) is 6.08 Å². The van der Waals surface area contributed by atoms with Crippen molar-refractivity contribution in [3.63, 3.8) is 0 Å². The Balaban J connectivity index is 1.46. The van der Waals surface area contributed by atoms with Gasteiger partial charge in [0.05, 0.1) is 6.54 Å². The molecular weight excluding hydrogens is 330 g/mol. The highest BCUT2D eigenvalue weighted by atomic mass is 16.2. The number of allylic oxidation sites excluding steroid dienone is 2. The summed E-state index contributed by atoms with van der Waals surface area (Å²) in [5, 5.41) is 0. The van der Waals surface area contributed by atoms with E-state index < -0.39 is 0 Å². The second kappa shape index (κ2) is 7.88. The van der Waals surface area contributed by atoms with Crippen LogP contribution in [0.2, 0.25) is 0 Å². The van der Waals surface area contributed by atoms with Crippen LogP contribution in [0.1, 0.15) is 11.1 Å². The van der Waals surface area contributed by atoms with Crippen LogP contribution in [0.15, 0.2) is 109 Å². The first-order valence-electron chi connectivity index (χ1n) is 9.18. The molecule has 0 bridgehead atoms. The molecular formula is C25H21NO. The molecule has 1 aliphatic heterocycles. The van der Waals surface area contributed by atoms with E-state index >= 15 is 0 Å². The lowest BCUT2D eigenvalue weighted by Crippen LogP contribution is -2.23. The molecule has 2 heteroatoms. The van der Waals surface area contributed by atoms with Gasteiger partial charge in [-0.2, -0.15) is 0 Å². The first-order valence-corrected chi connectivity index (χ1v) is 9.18. The first kappa shape index (κ1) is 17.0. The van der Waals surface area contributed by atoms with Gasteiger partial charge in [-0.05, 0) is 34.8 Å². The van der Waals surface area contributed by atoms with E-state index in [1.807, 2.05) is 47.4 Å². The lowest BCUT2D eigenvalue weighted by Gasteiger charge is -2.18. The fraction of sp³-hybridized carbons (Fsp3) is 0.0800. The van der Waals surface area contributed by atoms with Crippen molar-refractivity contribution in [1.82, 2.24) is 4.90 Å². The summed E-state index contributed by atoms with van der Waals surface area (Å²) in [7, 11) is 0. The average Bonchev–Trinajstić information content (AvgIpc) is 3.08. The molecule has 132 valence electrons. The maximum absolute atomic E-state index is 12.2. The zero-order valence-corrected chi connectivity index (χ0v) is 15.1. The van der Waals surface area contributed by atoms with Gasteiger partial charge in [0.2, 0.25) is 0 Å². The number of nitrogens with zero attached hydrogens (tertiary/aromatic N) is 1. The summed E-state index contributed by atoms with van der Waals surface area (Å²) in [4.78, 5) is 14.0. The van der Waals surface area contributed by atoms with Crippen molar-refractivity contribution < 1.29 is 4.79 Å². The van der Waals surface area contributed by atoms with Gasteiger partial charge in [-0.15, -0.1) is 0 Å². The fourth-order valence-corrected chi connectivity index (χ4v) is 3.26. The zero-order valence-electron chi connectivity index (χ0n) is 15.1. The lowest BCUT2D eigenvalue weighted by molar-refractivity contribution is -0.123. The second-order valence-corrected chi connectivity index (χ2v) is 6.64. The molecule has 0 aliphatic carbocycles. The minimum Gasteiger partial charge on any atom is -0.305 e. The molecule has 0 radical (unpaired) electrons. The van der Waals surface area contributed by atoms with Crippen LogP contribution in [-0.4, -0.2) is 10.8 Å². The Morgan fingerprint density at radius 1 is 0.667 bits per heavy atom. The fourth-order valence-electron chi connectivity index (χ4n) is 3.26. The summed E-state index contributed by atoms with van der Waals surface area (Å²) in [5.41, 5.74) is 5.77. The molecule has 3 aromatic rings. The summed E-state index contributed by atoms with van der Waals surface area (Å²) < 4.78 is 0. The van der Waals surface area contributed by atoms with Gasteiger partial charge in [-0.25, -0.2) is 0 Å². The molecule has 27 heavy (non-hydrogen) atoms. The van der Waals surface area contributed by atoms with Crippen LogP contribution in [-0.2, 0) is 17.8 Å². The molecule has 0 saturated carbocycles. The van der Waals surface area contributed by atoms with Gasteiger partial charge < -0.3 is 4.90 Å². The van der Waals surface area contributed by atoms with Crippen molar-refractivity contribution in [3.05, 3.63) is 120 Å². The summed E-state index contributed by atoms with van der Waals surface area (Å²) >= 11 is 0. The van der Waals surface area contributed by atoms with Crippen LogP contribution in [0, 0.1) is 0 Å². The summed E-state index contributed by atoms with van der Waals surface area (Å²) in [6.45, 7) is 0.603. The number of carbonyl (C=O) groups is 1. The van der Waals surface area contributed by atoms with Crippen LogP contribution in [0.4, 0.5) is 0 Å². The predicted octanol–water partition coefficient (Wildman–Crippen LogP) is 5.38. The Labute approximate surface area is 160 Å². The van der Waals surface area contributed by atoms with Crippen molar-refractivity contribution in [2.45, 2.75) is 13.0 Å². The average molecular weight is 351 g/mol. The van der Waals surface area contributed by atoms with Gasteiger partial charge in [0.1, 0.15) is 0 Å². The van der Waals surface area contributed by atoms with Crippen molar-refractivity contribution in [1.29, 1.82) is 0 Å². The highest BCUT2D eigenvalue weighted by Crippen LogP contribution is 2.22. The maximum atomic E-state index is 12.2. The highest BCUT2D eigenvalue weighted by molar-refractivity contribution is 5.93. The van der Waals surface area contributed by atoms with Crippen molar-refractivity contribution in [3.8, 4) is 11.1 Å². The predicted molar refractivity (Wildman–Crippen MR) is 110 cm³/mol. The van der Waals surface area contributed by atoms with E-state index in [1.165, 1.54) is 16.7 Å². The van der Waals surface area contributed by atoms with Gasteiger partial charge >= 0.3 is 0 Å². The molecule has 1 amide bonds. The molecule has 1 aliphatic rings. The van der Waals surface area contributed by atoms with Crippen molar-refractivity contribution in [2.75, 3.05) is 0 Å². The maximum Gasteiger partial charge on any atom is 0.251 e. The third-order valence-electron chi connectivity index (χ3n) is 4.77. The molecule has 0 fully saturated rings. The summed E-state index contributed by atoms with van der Waals surface area (Å²) in [6.07, 6.45) is 6.48. The Bertz CT molecular complexity index is 970. The normalized spacial score (nSPS) is 14.9. The van der Waals surface area contributed by atoms with E-state index in [9.17, 15) is 4.79 Å². The lowest BCUT2D eigenvalue weighted by atomic mass is 10.0. The molecule has 0 aromatic heterocycles. The van der Waals surface area contributed by atoms with Gasteiger partial charge in [0.15, 0.2) is 0 Å². The van der Waals surface area contributed by atoms with E-state index in [0.717, 1.165) is 17.7 Å². The standard InChI is InChI=1S/C25H21NO/c27-25-18-17-24(26(25)19-21-7-3-1-4-8-21)16-13-20-11-14-23(15-12-20)22-9-5-2-6-10-22/h1-12,14-18H,13,19H2/b24-16-. The largest absolute Gasteiger partial charge is 0.305 e. The molecule has 4 rings (SSSR count). The molecule has 1 heterocycles. The third kappa shape index (κ3) is 4.06. The van der Waals surface area contributed by atoms with Crippen LogP contribution in [0.25, 0.3) is 11.1 Å². The monoisotopic (exact) mass is 351 g/mol. The molecule has 3 aromatic carbocycles. The van der Waals surface area contributed by atoms with E-state index in [2.05, 4.69) is 54.6 Å². The van der Waals surface area contributed by atoms with Crippen LogP contribution in [0.5, 0.6) is 0 Å². The molecule has 2 nitrogen and oxygen atoms in total. The Hall–Kier alpha value is -3.39. The minimum atomic E-state index is 0.0459. The minimum absolute atomic E-state index is 0.0459. The first-order chi connectivity index (χ1) is 13.3. The van der Waals surface area contributed by atoms with E-state index in [4.69, 9.17) is 0 Å². The number of carbonyl (C=O) groups excluding carboxylic acids is 1. The molecule has 0 spiro atoms.